The molecule has 1 aliphatic rings. The van der Waals surface area contributed by atoms with E-state index in [0.29, 0.717) is 13.2 Å². The zero-order valence-corrected chi connectivity index (χ0v) is 12.8. The highest BCUT2D eigenvalue weighted by Crippen LogP contribution is 2.34. The average Bonchev–Trinajstić information content (AvgIpc) is 2.47. The van der Waals surface area contributed by atoms with Crippen LogP contribution in [0.3, 0.4) is 0 Å². The first-order valence-corrected chi connectivity index (χ1v) is 7.44. The molecule has 4 heteroatoms. The first-order chi connectivity index (χ1) is 9.74. The van der Waals surface area contributed by atoms with Gasteiger partial charge in [0.25, 0.3) is 0 Å². The highest BCUT2D eigenvalue weighted by atomic mass is 79.9. The SMILES string of the molecule is CC(Nc1ccc2c(c1)OCCO2)c1ccccc1Br. The van der Waals surface area contributed by atoms with Gasteiger partial charge in [-0.15, -0.1) is 0 Å². The van der Waals surface area contributed by atoms with Gasteiger partial charge in [0, 0.05) is 22.3 Å². The van der Waals surface area contributed by atoms with E-state index in [2.05, 4.69) is 40.3 Å². The third-order valence-electron chi connectivity index (χ3n) is 3.30. The predicted molar refractivity (Wildman–Crippen MR) is 83.6 cm³/mol. The number of hydrogen-bond acceptors (Lipinski definition) is 3. The summed E-state index contributed by atoms with van der Waals surface area (Å²) in [5, 5.41) is 3.48. The standard InChI is InChI=1S/C16H16BrNO2/c1-11(13-4-2-3-5-14(13)17)18-12-6-7-15-16(10-12)20-9-8-19-15/h2-7,10-11,18H,8-9H2,1H3. The van der Waals surface area contributed by atoms with Crippen LogP contribution in [0.1, 0.15) is 18.5 Å². The van der Waals surface area contributed by atoms with Gasteiger partial charge in [0.15, 0.2) is 11.5 Å². The van der Waals surface area contributed by atoms with Crippen LogP contribution < -0.4 is 14.8 Å². The molecule has 0 aromatic heterocycles. The normalized spacial score (nSPS) is 14.7. The minimum absolute atomic E-state index is 0.202. The summed E-state index contributed by atoms with van der Waals surface area (Å²) in [6.07, 6.45) is 0. The summed E-state index contributed by atoms with van der Waals surface area (Å²) in [5.41, 5.74) is 2.25. The van der Waals surface area contributed by atoms with Crippen molar-refractivity contribution in [1.29, 1.82) is 0 Å². The molecule has 104 valence electrons. The van der Waals surface area contributed by atoms with Crippen LogP contribution >= 0.6 is 15.9 Å². The Balaban J connectivity index is 1.79. The molecule has 0 fully saturated rings. The molecule has 0 radical (unpaired) electrons. The molecule has 0 saturated heterocycles. The maximum atomic E-state index is 5.60. The molecule has 1 N–H and O–H groups in total. The summed E-state index contributed by atoms with van der Waals surface area (Å²) in [5.74, 6) is 1.62. The number of nitrogens with one attached hydrogen (secondary N) is 1. The molecule has 3 rings (SSSR count). The highest BCUT2D eigenvalue weighted by Gasteiger charge is 2.13. The van der Waals surface area contributed by atoms with Crippen molar-refractivity contribution in [3.63, 3.8) is 0 Å². The Morgan fingerprint density at radius 3 is 2.60 bits per heavy atom. The third kappa shape index (κ3) is 2.75. The van der Waals surface area contributed by atoms with E-state index in [4.69, 9.17) is 9.47 Å². The lowest BCUT2D eigenvalue weighted by Gasteiger charge is -2.21. The van der Waals surface area contributed by atoms with Crippen LogP contribution in [-0.4, -0.2) is 13.2 Å². The molecule has 0 amide bonds. The molecule has 1 aliphatic heterocycles. The Labute approximate surface area is 127 Å². The van der Waals surface area contributed by atoms with Gasteiger partial charge in [-0.2, -0.15) is 0 Å². The lowest BCUT2D eigenvalue weighted by molar-refractivity contribution is 0.171. The molecule has 1 atom stereocenters. The molecular weight excluding hydrogens is 318 g/mol. The topological polar surface area (TPSA) is 30.5 Å². The van der Waals surface area contributed by atoms with Crippen LogP contribution in [0.5, 0.6) is 11.5 Å². The highest BCUT2D eigenvalue weighted by molar-refractivity contribution is 9.10. The minimum atomic E-state index is 0.202. The van der Waals surface area contributed by atoms with E-state index in [1.54, 1.807) is 0 Å². The molecule has 0 saturated carbocycles. The van der Waals surface area contributed by atoms with Gasteiger partial charge in [-0.3, -0.25) is 0 Å². The second-order valence-electron chi connectivity index (χ2n) is 4.75. The molecule has 0 bridgehead atoms. The Kier molecular flexibility index (Phi) is 3.83. The van der Waals surface area contributed by atoms with Crippen LogP contribution in [0.4, 0.5) is 5.69 Å². The second kappa shape index (κ2) is 5.75. The summed E-state index contributed by atoms with van der Waals surface area (Å²) in [6.45, 7) is 3.36. The Bertz CT molecular complexity index is 615. The lowest BCUT2D eigenvalue weighted by Crippen LogP contribution is -2.15. The fraction of sp³-hybridized carbons (Fsp3) is 0.250. The quantitative estimate of drug-likeness (QED) is 0.903. The largest absolute Gasteiger partial charge is 0.486 e. The fourth-order valence-electron chi connectivity index (χ4n) is 2.29. The zero-order chi connectivity index (χ0) is 13.9. The Hall–Kier alpha value is -1.68. The average molecular weight is 334 g/mol. The van der Waals surface area contributed by atoms with Gasteiger partial charge in [0.05, 0.1) is 0 Å². The van der Waals surface area contributed by atoms with E-state index < -0.39 is 0 Å². The number of hydrogen-bond donors (Lipinski definition) is 1. The number of halogens is 1. The zero-order valence-electron chi connectivity index (χ0n) is 11.2. The number of ether oxygens (including phenoxy) is 2. The van der Waals surface area contributed by atoms with Crippen molar-refractivity contribution < 1.29 is 9.47 Å². The number of fused-ring (bicyclic) bond motifs is 1. The van der Waals surface area contributed by atoms with E-state index in [1.807, 2.05) is 30.3 Å². The molecule has 1 unspecified atom stereocenters. The van der Waals surface area contributed by atoms with Gasteiger partial charge >= 0.3 is 0 Å². The van der Waals surface area contributed by atoms with Gasteiger partial charge in [0.2, 0.25) is 0 Å². The molecule has 0 spiro atoms. The monoisotopic (exact) mass is 333 g/mol. The summed E-state index contributed by atoms with van der Waals surface area (Å²) in [4.78, 5) is 0. The van der Waals surface area contributed by atoms with Crippen LogP contribution in [-0.2, 0) is 0 Å². The first-order valence-electron chi connectivity index (χ1n) is 6.64. The smallest absolute Gasteiger partial charge is 0.163 e. The third-order valence-corrected chi connectivity index (χ3v) is 4.02. The minimum Gasteiger partial charge on any atom is -0.486 e. The van der Waals surface area contributed by atoms with Crippen LogP contribution in [0.15, 0.2) is 46.9 Å². The van der Waals surface area contributed by atoms with Crippen molar-refractivity contribution in [3.05, 3.63) is 52.5 Å². The Morgan fingerprint density at radius 1 is 1.05 bits per heavy atom. The van der Waals surface area contributed by atoms with Gasteiger partial charge in [0.1, 0.15) is 13.2 Å². The van der Waals surface area contributed by atoms with E-state index in [9.17, 15) is 0 Å². The summed E-state index contributed by atoms with van der Waals surface area (Å²) in [7, 11) is 0. The summed E-state index contributed by atoms with van der Waals surface area (Å²) < 4.78 is 12.2. The maximum Gasteiger partial charge on any atom is 0.163 e. The summed E-state index contributed by atoms with van der Waals surface area (Å²) >= 11 is 3.59. The number of benzene rings is 2. The predicted octanol–water partition coefficient (Wildman–Crippen LogP) is 4.39. The molecule has 2 aromatic carbocycles. The van der Waals surface area contributed by atoms with Crippen molar-refractivity contribution >= 4 is 21.6 Å². The van der Waals surface area contributed by atoms with E-state index in [-0.39, 0.29) is 6.04 Å². The Morgan fingerprint density at radius 2 is 1.80 bits per heavy atom. The van der Waals surface area contributed by atoms with Crippen molar-refractivity contribution in [2.45, 2.75) is 13.0 Å². The maximum absolute atomic E-state index is 5.60. The van der Waals surface area contributed by atoms with Crippen molar-refractivity contribution in [1.82, 2.24) is 0 Å². The summed E-state index contributed by atoms with van der Waals surface area (Å²) in [6, 6.07) is 14.4. The molecule has 2 aromatic rings. The van der Waals surface area contributed by atoms with Crippen molar-refractivity contribution in [2.75, 3.05) is 18.5 Å². The van der Waals surface area contributed by atoms with E-state index >= 15 is 0 Å². The van der Waals surface area contributed by atoms with Gasteiger partial charge in [-0.25, -0.2) is 0 Å². The van der Waals surface area contributed by atoms with Gasteiger partial charge < -0.3 is 14.8 Å². The van der Waals surface area contributed by atoms with Crippen LogP contribution in [0.2, 0.25) is 0 Å². The van der Waals surface area contributed by atoms with Gasteiger partial charge in [-0.1, -0.05) is 34.1 Å². The van der Waals surface area contributed by atoms with Crippen LogP contribution in [0, 0.1) is 0 Å². The number of anilines is 1. The first kappa shape index (κ1) is 13.3. The fourth-order valence-corrected chi connectivity index (χ4v) is 2.92. The molecule has 1 heterocycles. The molecular formula is C16H16BrNO2. The van der Waals surface area contributed by atoms with E-state index in [0.717, 1.165) is 21.7 Å². The molecule has 3 nitrogen and oxygen atoms in total. The molecule has 0 aliphatic carbocycles. The molecule has 20 heavy (non-hydrogen) atoms. The van der Waals surface area contributed by atoms with Crippen molar-refractivity contribution in [2.24, 2.45) is 0 Å². The van der Waals surface area contributed by atoms with Crippen molar-refractivity contribution in [3.8, 4) is 11.5 Å². The van der Waals surface area contributed by atoms with Crippen LogP contribution in [0.25, 0.3) is 0 Å². The number of rotatable bonds is 3. The van der Waals surface area contributed by atoms with E-state index in [1.165, 1.54) is 5.56 Å². The lowest BCUT2D eigenvalue weighted by atomic mass is 10.1. The second-order valence-corrected chi connectivity index (χ2v) is 5.60. The van der Waals surface area contributed by atoms with Gasteiger partial charge in [-0.05, 0) is 30.7 Å².